The first-order chi connectivity index (χ1) is 9.88. The Morgan fingerprint density at radius 1 is 1.19 bits per heavy atom. The molecule has 1 rings (SSSR count). The molecule has 0 saturated heterocycles. The number of nitrogens with one attached hydrogen (secondary N) is 1. The summed E-state index contributed by atoms with van der Waals surface area (Å²) in [5.41, 5.74) is 6.96. The maximum atomic E-state index is 12.1. The van der Waals surface area contributed by atoms with Gasteiger partial charge in [0.2, 0.25) is 5.91 Å². The molecule has 0 aliphatic heterocycles. The third-order valence-electron chi connectivity index (χ3n) is 3.59. The van der Waals surface area contributed by atoms with Crippen molar-refractivity contribution in [3.8, 4) is 0 Å². The van der Waals surface area contributed by atoms with Gasteiger partial charge >= 0.3 is 0 Å². The normalized spacial score (nSPS) is 15.3. The molecule has 0 spiro atoms. The molecule has 3 unspecified atom stereocenters. The van der Waals surface area contributed by atoms with Gasteiger partial charge in [0, 0.05) is 22.5 Å². The third-order valence-corrected chi connectivity index (χ3v) is 4.12. The van der Waals surface area contributed by atoms with E-state index in [1.165, 1.54) is 5.56 Å². The van der Waals surface area contributed by atoms with E-state index >= 15 is 0 Å². The van der Waals surface area contributed by atoms with E-state index < -0.39 is 0 Å². The number of hydrogen-bond acceptors (Lipinski definition) is 2. The lowest BCUT2D eigenvalue weighted by Crippen LogP contribution is -2.37. The molecule has 118 valence electrons. The maximum absolute atomic E-state index is 12.1. The maximum Gasteiger partial charge on any atom is 0.223 e. The monoisotopic (exact) mass is 354 g/mol. The quantitative estimate of drug-likeness (QED) is 0.748. The molecule has 3 N–H and O–H groups in total. The van der Waals surface area contributed by atoms with E-state index in [4.69, 9.17) is 5.73 Å². The van der Waals surface area contributed by atoms with Gasteiger partial charge in [-0.3, -0.25) is 4.79 Å². The highest BCUT2D eigenvalue weighted by Crippen LogP contribution is 2.13. The lowest BCUT2D eigenvalue weighted by molar-refractivity contribution is -0.125. The highest BCUT2D eigenvalue weighted by molar-refractivity contribution is 9.10. The molecule has 0 radical (unpaired) electrons. The summed E-state index contributed by atoms with van der Waals surface area (Å²) in [6.07, 6.45) is 3.74. The molecule has 0 fully saturated rings. The number of halogens is 1. The van der Waals surface area contributed by atoms with Crippen LogP contribution < -0.4 is 11.1 Å². The Morgan fingerprint density at radius 3 is 2.38 bits per heavy atom. The summed E-state index contributed by atoms with van der Waals surface area (Å²) < 4.78 is 1.07. The Hall–Kier alpha value is -0.870. The van der Waals surface area contributed by atoms with Crippen LogP contribution in [0.4, 0.5) is 0 Å². The molecule has 1 amide bonds. The number of amides is 1. The average molecular weight is 355 g/mol. The Morgan fingerprint density at radius 2 is 1.81 bits per heavy atom. The Kier molecular flexibility index (Phi) is 7.97. The van der Waals surface area contributed by atoms with Gasteiger partial charge in [-0.1, -0.05) is 41.4 Å². The molecule has 3 nitrogen and oxygen atoms in total. The van der Waals surface area contributed by atoms with Crippen LogP contribution in [0.1, 0.15) is 45.6 Å². The Balaban J connectivity index is 2.34. The molecule has 4 heteroatoms. The van der Waals surface area contributed by atoms with Crippen molar-refractivity contribution in [2.24, 2.45) is 11.7 Å². The summed E-state index contributed by atoms with van der Waals surface area (Å²) in [7, 11) is 0. The number of nitrogens with two attached hydrogens (primary N) is 1. The second-order valence-electron chi connectivity index (χ2n) is 6.05. The van der Waals surface area contributed by atoms with E-state index in [0.717, 1.165) is 30.2 Å². The molecule has 0 heterocycles. The van der Waals surface area contributed by atoms with Crippen LogP contribution in [-0.2, 0) is 11.2 Å². The molecular weight excluding hydrogens is 328 g/mol. The first-order valence-corrected chi connectivity index (χ1v) is 8.48. The van der Waals surface area contributed by atoms with Crippen molar-refractivity contribution in [1.82, 2.24) is 5.32 Å². The van der Waals surface area contributed by atoms with E-state index in [1.54, 1.807) is 0 Å². The topological polar surface area (TPSA) is 55.1 Å². The lowest BCUT2D eigenvalue weighted by atomic mass is 10.0. The lowest BCUT2D eigenvalue weighted by Gasteiger charge is -2.18. The summed E-state index contributed by atoms with van der Waals surface area (Å²) >= 11 is 3.43. The van der Waals surface area contributed by atoms with E-state index in [1.807, 2.05) is 26.0 Å². The number of rotatable bonds is 8. The van der Waals surface area contributed by atoms with Crippen LogP contribution in [0.2, 0.25) is 0 Å². The fraction of sp³-hybridized carbons (Fsp3) is 0.588. The largest absolute Gasteiger partial charge is 0.353 e. The highest BCUT2D eigenvalue weighted by atomic mass is 79.9. The van der Waals surface area contributed by atoms with Crippen LogP contribution in [0.25, 0.3) is 0 Å². The molecule has 1 aromatic carbocycles. The zero-order valence-corrected chi connectivity index (χ0v) is 14.8. The minimum atomic E-state index is 0.0520. The zero-order valence-electron chi connectivity index (χ0n) is 13.2. The summed E-state index contributed by atoms with van der Waals surface area (Å²) in [4.78, 5) is 12.1. The SMILES string of the molecule is CC(N)CCCC(C)C(=O)NC(C)Cc1ccc(Br)cc1. The number of benzene rings is 1. The van der Waals surface area contributed by atoms with Crippen molar-refractivity contribution in [2.45, 2.75) is 58.5 Å². The first-order valence-electron chi connectivity index (χ1n) is 7.69. The standard InChI is InChI=1S/C17H27BrN2O/c1-12(5-4-6-13(2)19)17(21)20-14(3)11-15-7-9-16(18)10-8-15/h7-10,12-14H,4-6,11,19H2,1-3H3,(H,20,21). The van der Waals surface area contributed by atoms with Crippen molar-refractivity contribution in [3.63, 3.8) is 0 Å². The fourth-order valence-corrected chi connectivity index (χ4v) is 2.55. The van der Waals surface area contributed by atoms with Crippen molar-refractivity contribution in [3.05, 3.63) is 34.3 Å². The number of carbonyl (C=O) groups excluding carboxylic acids is 1. The first kappa shape index (κ1) is 18.2. The molecule has 0 aliphatic carbocycles. The summed E-state index contributed by atoms with van der Waals surface area (Å²) in [6.45, 7) is 6.04. The van der Waals surface area contributed by atoms with Crippen LogP contribution in [-0.4, -0.2) is 18.0 Å². The summed E-state index contributed by atoms with van der Waals surface area (Å²) in [5.74, 6) is 0.195. The van der Waals surface area contributed by atoms with Gasteiger partial charge in [0.15, 0.2) is 0 Å². The average Bonchev–Trinajstić information content (AvgIpc) is 2.40. The van der Waals surface area contributed by atoms with E-state index in [9.17, 15) is 4.79 Å². The summed E-state index contributed by atoms with van der Waals surface area (Å²) in [6, 6.07) is 8.59. The molecule has 0 aromatic heterocycles. The molecule has 0 aliphatic rings. The molecule has 1 aromatic rings. The molecule has 0 saturated carbocycles. The second-order valence-corrected chi connectivity index (χ2v) is 6.97. The van der Waals surface area contributed by atoms with Crippen LogP contribution in [0.15, 0.2) is 28.7 Å². The van der Waals surface area contributed by atoms with E-state index in [-0.39, 0.29) is 23.9 Å². The Bertz CT molecular complexity index is 431. The highest BCUT2D eigenvalue weighted by Gasteiger charge is 2.15. The van der Waals surface area contributed by atoms with Crippen molar-refractivity contribution in [1.29, 1.82) is 0 Å². The Labute approximate surface area is 136 Å². The fourth-order valence-electron chi connectivity index (χ4n) is 2.29. The number of carbonyl (C=O) groups is 1. The molecule has 21 heavy (non-hydrogen) atoms. The van der Waals surface area contributed by atoms with Gasteiger partial charge in [-0.15, -0.1) is 0 Å². The van der Waals surface area contributed by atoms with Gasteiger partial charge in [0.05, 0.1) is 0 Å². The van der Waals surface area contributed by atoms with Crippen molar-refractivity contribution >= 4 is 21.8 Å². The molecular formula is C17H27BrN2O. The smallest absolute Gasteiger partial charge is 0.223 e. The molecule has 0 bridgehead atoms. The predicted molar refractivity (Wildman–Crippen MR) is 92.1 cm³/mol. The van der Waals surface area contributed by atoms with E-state index in [0.29, 0.717) is 0 Å². The second kappa shape index (κ2) is 9.21. The zero-order chi connectivity index (χ0) is 15.8. The third kappa shape index (κ3) is 7.63. The van der Waals surface area contributed by atoms with Gasteiger partial charge in [0.1, 0.15) is 0 Å². The molecule has 3 atom stereocenters. The number of hydrogen-bond donors (Lipinski definition) is 2. The van der Waals surface area contributed by atoms with Gasteiger partial charge in [-0.2, -0.15) is 0 Å². The van der Waals surface area contributed by atoms with Gasteiger partial charge in [-0.05, 0) is 50.8 Å². The van der Waals surface area contributed by atoms with Crippen LogP contribution in [0, 0.1) is 5.92 Å². The van der Waals surface area contributed by atoms with Crippen LogP contribution in [0.3, 0.4) is 0 Å². The van der Waals surface area contributed by atoms with Gasteiger partial charge in [-0.25, -0.2) is 0 Å². The van der Waals surface area contributed by atoms with Gasteiger partial charge < -0.3 is 11.1 Å². The van der Waals surface area contributed by atoms with Gasteiger partial charge in [0.25, 0.3) is 0 Å². The van der Waals surface area contributed by atoms with Crippen LogP contribution >= 0.6 is 15.9 Å². The minimum Gasteiger partial charge on any atom is -0.353 e. The van der Waals surface area contributed by atoms with E-state index in [2.05, 4.69) is 40.3 Å². The minimum absolute atomic E-state index is 0.0520. The summed E-state index contributed by atoms with van der Waals surface area (Å²) in [5, 5.41) is 3.10. The van der Waals surface area contributed by atoms with Crippen LogP contribution in [0.5, 0.6) is 0 Å². The van der Waals surface area contributed by atoms with Crippen molar-refractivity contribution in [2.75, 3.05) is 0 Å². The van der Waals surface area contributed by atoms with Crippen molar-refractivity contribution < 1.29 is 4.79 Å². The predicted octanol–water partition coefficient (Wildman–Crippen LogP) is 3.65.